The Morgan fingerprint density at radius 3 is 2.45 bits per heavy atom. The van der Waals surface area contributed by atoms with Crippen molar-refractivity contribution in [3.05, 3.63) is 54.1 Å². The number of guanidine groups is 1. The van der Waals surface area contributed by atoms with E-state index >= 15 is 0 Å². The SMILES string of the molecule is CN1CCN(N2CN=C3N[C@H](c4ccc(N(C)C)cc4)n4c(nc5ccccc54)N3C2)CC1. The molecule has 0 radical (unpaired) electrons. The number of nitrogens with one attached hydrogen (secondary N) is 1. The van der Waals surface area contributed by atoms with Crippen LogP contribution in [0, 0.1) is 0 Å². The molecule has 1 atom stereocenters. The third-order valence-corrected chi connectivity index (χ3v) is 6.89. The van der Waals surface area contributed by atoms with Gasteiger partial charge in [0.2, 0.25) is 11.9 Å². The second-order valence-corrected chi connectivity index (χ2v) is 9.26. The minimum absolute atomic E-state index is 0.0613. The Morgan fingerprint density at radius 1 is 0.939 bits per heavy atom. The number of hydrogen-bond donors (Lipinski definition) is 1. The first kappa shape index (κ1) is 20.5. The van der Waals surface area contributed by atoms with Crippen LogP contribution in [0.3, 0.4) is 0 Å². The molecule has 33 heavy (non-hydrogen) atoms. The van der Waals surface area contributed by atoms with Crippen molar-refractivity contribution in [2.75, 3.05) is 70.5 Å². The largest absolute Gasteiger partial charge is 0.378 e. The lowest BCUT2D eigenvalue weighted by Gasteiger charge is -2.46. The Morgan fingerprint density at radius 2 is 1.70 bits per heavy atom. The topological polar surface area (TPSA) is 58.4 Å². The monoisotopic (exact) mass is 445 g/mol. The Balaban J connectivity index is 1.39. The molecule has 0 saturated carbocycles. The van der Waals surface area contributed by atoms with Crippen LogP contribution in [-0.4, -0.2) is 91.1 Å². The molecular formula is C24H31N9. The molecule has 0 spiro atoms. The molecule has 3 aromatic rings. The summed E-state index contributed by atoms with van der Waals surface area (Å²) in [6, 6.07) is 17.1. The number of nitrogens with zero attached hydrogens (tertiary/aromatic N) is 8. The van der Waals surface area contributed by atoms with Crippen LogP contribution in [0.25, 0.3) is 11.0 Å². The van der Waals surface area contributed by atoms with Gasteiger partial charge in [-0.2, -0.15) is 0 Å². The van der Waals surface area contributed by atoms with Crippen molar-refractivity contribution in [1.82, 2.24) is 29.8 Å². The first-order valence-electron chi connectivity index (χ1n) is 11.6. The maximum Gasteiger partial charge on any atom is 0.216 e. The number of imidazole rings is 1. The fourth-order valence-electron chi connectivity index (χ4n) is 4.90. The van der Waals surface area contributed by atoms with Crippen LogP contribution in [0.5, 0.6) is 0 Å². The number of para-hydroxylation sites is 2. The van der Waals surface area contributed by atoms with E-state index in [-0.39, 0.29) is 6.17 Å². The summed E-state index contributed by atoms with van der Waals surface area (Å²) in [6.07, 6.45) is -0.0613. The van der Waals surface area contributed by atoms with Gasteiger partial charge in [0.25, 0.3) is 0 Å². The quantitative estimate of drug-likeness (QED) is 0.660. The van der Waals surface area contributed by atoms with Gasteiger partial charge in [-0.3, -0.25) is 9.47 Å². The molecule has 9 nitrogen and oxygen atoms in total. The normalized spacial score (nSPS) is 22.0. The lowest BCUT2D eigenvalue weighted by Crippen LogP contribution is -2.62. The van der Waals surface area contributed by atoms with Crippen molar-refractivity contribution in [2.24, 2.45) is 4.99 Å². The highest BCUT2D eigenvalue weighted by molar-refractivity contribution is 5.98. The van der Waals surface area contributed by atoms with E-state index < -0.39 is 0 Å². The molecule has 0 unspecified atom stereocenters. The smallest absolute Gasteiger partial charge is 0.216 e. The van der Waals surface area contributed by atoms with Gasteiger partial charge in [-0.05, 0) is 36.9 Å². The molecule has 0 aliphatic carbocycles. The Hall–Kier alpha value is -3.14. The number of hydrazine groups is 1. The van der Waals surface area contributed by atoms with E-state index in [2.05, 4.69) is 104 Å². The number of rotatable bonds is 3. The summed E-state index contributed by atoms with van der Waals surface area (Å²) in [5, 5.41) is 8.49. The standard InChI is InChI=1S/C24H31N9/c1-28(2)19-10-8-18(9-11-19)22-27-23-25-16-31(30-14-12-29(3)13-15-30)17-32(23)24-26-20-6-4-5-7-21(20)33(22)24/h4-11,22H,12-17H2,1-3H3,(H,25,27)/t22-/m0/s1. The minimum Gasteiger partial charge on any atom is -0.378 e. The number of piperazine rings is 1. The number of anilines is 2. The van der Waals surface area contributed by atoms with Crippen molar-refractivity contribution in [2.45, 2.75) is 6.17 Å². The number of hydrogen-bond acceptors (Lipinski definition) is 8. The summed E-state index contributed by atoms with van der Waals surface area (Å²) in [5.41, 5.74) is 4.50. The summed E-state index contributed by atoms with van der Waals surface area (Å²) in [7, 11) is 6.32. The number of benzene rings is 2. The number of likely N-dealkylation sites (N-methyl/N-ethyl adjacent to an activating group) is 1. The van der Waals surface area contributed by atoms with E-state index in [9.17, 15) is 0 Å². The second kappa shape index (κ2) is 8.02. The fraction of sp³-hybridized carbons (Fsp3) is 0.417. The van der Waals surface area contributed by atoms with Gasteiger partial charge in [0.15, 0.2) is 0 Å². The maximum atomic E-state index is 5.06. The van der Waals surface area contributed by atoms with Crippen LogP contribution < -0.4 is 15.1 Å². The average Bonchev–Trinajstić information content (AvgIpc) is 3.24. The summed E-state index contributed by atoms with van der Waals surface area (Å²) in [5.74, 6) is 1.83. The van der Waals surface area contributed by atoms with Gasteiger partial charge < -0.3 is 15.1 Å². The molecule has 3 aliphatic heterocycles. The predicted molar refractivity (Wildman–Crippen MR) is 132 cm³/mol. The van der Waals surface area contributed by atoms with Gasteiger partial charge in [0.1, 0.15) is 12.8 Å². The molecule has 2 aromatic carbocycles. The lowest BCUT2D eigenvalue weighted by atomic mass is 10.1. The lowest BCUT2D eigenvalue weighted by molar-refractivity contribution is -0.0528. The van der Waals surface area contributed by atoms with Gasteiger partial charge in [-0.15, -0.1) is 0 Å². The van der Waals surface area contributed by atoms with E-state index in [1.54, 1.807) is 0 Å². The summed E-state index contributed by atoms with van der Waals surface area (Å²) in [4.78, 5) is 16.7. The highest BCUT2D eigenvalue weighted by atomic mass is 15.7. The van der Waals surface area contributed by atoms with Gasteiger partial charge >= 0.3 is 0 Å². The van der Waals surface area contributed by atoms with Crippen LogP contribution in [0.2, 0.25) is 0 Å². The molecule has 3 aliphatic rings. The zero-order valence-corrected chi connectivity index (χ0v) is 19.5. The van der Waals surface area contributed by atoms with Gasteiger partial charge in [-0.25, -0.2) is 20.0 Å². The van der Waals surface area contributed by atoms with Crippen molar-refractivity contribution < 1.29 is 0 Å². The molecular weight excluding hydrogens is 414 g/mol. The van der Waals surface area contributed by atoms with Crippen molar-refractivity contribution in [1.29, 1.82) is 0 Å². The third-order valence-electron chi connectivity index (χ3n) is 6.89. The summed E-state index contributed by atoms with van der Waals surface area (Å²) >= 11 is 0. The van der Waals surface area contributed by atoms with Gasteiger partial charge in [0.05, 0.1) is 17.7 Å². The molecule has 9 heteroatoms. The van der Waals surface area contributed by atoms with E-state index in [4.69, 9.17) is 9.98 Å². The minimum atomic E-state index is -0.0613. The molecule has 4 heterocycles. The van der Waals surface area contributed by atoms with Gasteiger partial charge in [0, 0.05) is 46.0 Å². The number of aliphatic imine (C=N–C) groups is 1. The first-order valence-corrected chi connectivity index (χ1v) is 11.6. The van der Waals surface area contributed by atoms with Crippen molar-refractivity contribution >= 4 is 28.6 Å². The molecule has 1 N–H and O–H groups in total. The number of fused-ring (bicyclic) bond motifs is 5. The summed E-state index contributed by atoms with van der Waals surface area (Å²) in [6.45, 7) is 5.61. The van der Waals surface area contributed by atoms with Crippen LogP contribution in [-0.2, 0) is 0 Å². The molecule has 172 valence electrons. The fourth-order valence-corrected chi connectivity index (χ4v) is 4.90. The Bertz CT molecular complexity index is 1170. The van der Waals surface area contributed by atoms with E-state index in [1.807, 2.05) is 0 Å². The third kappa shape index (κ3) is 3.52. The molecule has 1 fully saturated rings. The van der Waals surface area contributed by atoms with E-state index in [1.165, 1.54) is 11.3 Å². The Kier molecular flexibility index (Phi) is 4.97. The zero-order valence-electron chi connectivity index (χ0n) is 19.5. The van der Waals surface area contributed by atoms with E-state index in [0.29, 0.717) is 6.67 Å². The molecule has 0 bridgehead atoms. The van der Waals surface area contributed by atoms with Crippen LogP contribution in [0.15, 0.2) is 53.5 Å². The van der Waals surface area contributed by atoms with E-state index in [0.717, 1.165) is 55.8 Å². The Labute approximate surface area is 194 Å². The van der Waals surface area contributed by atoms with Crippen LogP contribution in [0.1, 0.15) is 11.7 Å². The van der Waals surface area contributed by atoms with Gasteiger partial charge in [-0.1, -0.05) is 24.3 Å². The molecule has 1 saturated heterocycles. The van der Waals surface area contributed by atoms with Crippen LogP contribution in [0.4, 0.5) is 11.6 Å². The second-order valence-electron chi connectivity index (χ2n) is 9.26. The van der Waals surface area contributed by atoms with Crippen molar-refractivity contribution in [3.8, 4) is 0 Å². The molecule has 0 amide bonds. The highest BCUT2D eigenvalue weighted by Gasteiger charge is 2.37. The van der Waals surface area contributed by atoms with Crippen molar-refractivity contribution in [3.63, 3.8) is 0 Å². The molecule has 1 aromatic heterocycles. The zero-order chi connectivity index (χ0) is 22.5. The first-order chi connectivity index (χ1) is 16.1. The highest BCUT2D eigenvalue weighted by Crippen LogP contribution is 2.34. The average molecular weight is 446 g/mol. The predicted octanol–water partition coefficient (Wildman–Crippen LogP) is 1.81. The molecule has 6 rings (SSSR count). The maximum absolute atomic E-state index is 5.06. The number of aromatic nitrogens is 2. The summed E-state index contributed by atoms with van der Waals surface area (Å²) < 4.78 is 2.31. The van der Waals surface area contributed by atoms with Crippen LogP contribution >= 0.6 is 0 Å².